The maximum absolute atomic E-state index is 12.6. The summed E-state index contributed by atoms with van der Waals surface area (Å²) in [4.78, 5) is 12.6. The van der Waals surface area contributed by atoms with E-state index < -0.39 is 5.41 Å². The van der Waals surface area contributed by atoms with E-state index in [1.807, 2.05) is 13.0 Å². The van der Waals surface area contributed by atoms with Gasteiger partial charge >= 0.3 is 0 Å². The Kier molecular flexibility index (Phi) is 6.45. The van der Waals surface area contributed by atoms with Crippen LogP contribution in [0.2, 0.25) is 0 Å². The Bertz CT molecular complexity index is 424. The first-order valence-electron chi connectivity index (χ1n) is 6.75. The molecule has 2 N–H and O–H groups in total. The van der Waals surface area contributed by atoms with Crippen molar-refractivity contribution in [2.24, 2.45) is 5.41 Å². The molecule has 0 aromatic carbocycles. The Morgan fingerprint density at radius 3 is 2.85 bits per heavy atom. The molecule has 1 aliphatic heterocycles. The summed E-state index contributed by atoms with van der Waals surface area (Å²) in [5.74, 6) is 0.785. The summed E-state index contributed by atoms with van der Waals surface area (Å²) in [7, 11) is 1.65. The third-order valence-electron chi connectivity index (χ3n) is 3.72. The normalized spacial score (nSPS) is 17.3. The van der Waals surface area contributed by atoms with Crippen LogP contribution in [0.15, 0.2) is 12.3 Å². The van der Waals surface area contributed by atoms with E-state index in [-0.39, 0.29) is 18.3 Å². The van der Waals surface area contributed by atoms with Gasteiger partial charge in [-0.15, -0.1) is 12.4 Å². The zero-order valence-electron chi connectivity index (χ0n) is 12.0. The highest BCUT2D eigenvalue weighted by Gasteiger charge is 2.39. The molecule has 0 atom stereocenters. The summed E-state index contributed by atoms with van der Waals surface area (Å²) >= 11 is 0. The van der Waals surface area contributed by atoms with E-state index in [9.17, 15) is 4.79 Å². The highest BCUT2D eigenvalue weighted by Crippen LogP contribution is 2.30. The zero-order chi connectivity index (χ0) is 13.7. The quantitative estimate of drug-likeness (QED) is 0.860. The van der Waals surface area contributed by atoms with Crippen LogP contribution in [0.5, 0.6) is 0 Å². The number of piperidine rings is 1. The second-order valence-corrected chi connectivity index (χ2v) is 4.95. The van der Waals surface area contributed by atoms with E-state index >= 15 is 0 Å². The summed E-state index contributed by atoms with van der Waals surface area (Å²) in [6.07, 6.45) is 3.30. The van der Waals surface area contributed by atoms with Crippen LogP contribution in [0.3, 0.4) is 0 Å². The fourth-order valence-corrected chi connectivity index (χ4v) is 2.56. The fourth-order valence-electron chi connectivity index (χ4n) is 2.56. The minimum Gasteiger partial charge on any atom is -0.384 e. The first-order chi connectivity index (χ1) is 9.22. The molecule has 0 unspecified atom stereocenters. The second kappa shape index (κ2) is 7.61. The molecule has 1 amide bonds. The third kappa shape index (κ3) is 3.50. The molecule has 20 heavy (non-hydrogen) atoms. The SMILES string of the molecule is CCn1nccc1NC(=O)C1(COC)CCNCC1.Cl. The molecule has 7 heteroatoms. The highest BCUT2D eigenvalue weighted by molar-refractivity contribution is 5.94. The number of ether oxygens (including phenoxy) is 1. The predicted octanol–water partition coefficient (Wildman–Crippen LogP) is 1.28. The van der Waals surface area contributed by atoms with Crippen molar-refractivity contribution in [3.8, 4) is 0 Å². The molecule has 1 aromatic heterocycles. The number of aromatic nitrogens is 2. The number of halogens is 1. The number of aryl methyl sites for hydroxylation is 1. The van der Waals surface area contributed by atoms with E-state index in [2.05, 4.69) is 15.7 Å². The number of hydrogen-bond donors (Lipinski definition) is 2. The zero-order valence-corrected chi connectivity index (χ0v) is 12.8. The first kappa shape index (κ1) is 16.9. The van der Waals surface area contributed by atoms with Crippen molar-refractivity contribution in [1.82, 2.24) is 15.1 Å². The molecular formula is C13H23ClN4O2. The van der Waals surface area contributed by atoms with E-state index in [0.717, 1.165) is 38.3 Å². The molecule has 1 aromatic rings. The number of methoxy groups -OCH3 is 1. The summed E-state index contributed by atoms with van der Waals surface area (Å²) in [6, 6.07) is 1.82. The molecule has 0 saturated carbocycles. The largest absolute Gasteiger partial charge is 0.384 e. The monoisotopic (exact) mass is 302 g/mol. The maximum Gasteiger partial charge on any atom is 0.234 e. The molecular weight excluding hydrogens is 280 g/mol. The Hall–Kier alpha value is -1.11. The summed E-state index contributed by atoms with van der Waals surface area (Å²) < 4.78 is 7.05. The van der Waals surface area contributed by atoms with E-state index in [1.165, 1.54) is 0 Å². The van der Waals surface area contributed by atoms with Crippen molar-refractivity contribution in [3.05, 3.63) is 12.3 Å². The summed E-state index contributed by atoms with van der Waals surface area (Å²) in [5, 5.41) is 10.4. The van der Waals surface area contributed by atoms with Crippen LogP contribution < -0.4 is 10.6 Å². The number of anilines is 1. The molecule has 2 heterocycles. The van der Waals surface area contributed by atoms with Gasteiger partial charge in [-0.1, -0.05) is 0 Å². The average Bonchev–Trinajstić information content (AvgIpc) is 2.87. The van der Waals surface area contributed by atoms with Crippen molar-refractivity contribution in [3.63, 3.8) is 0 Å². The molecule has 0 radical (unpaired) electrons. The number of nitrogens with one attached hydrogen (secondary N) is 2. The first-order valence-corrected chi connectivity index (χ1v) is 6.75. The van der Waals surface area contributed by atoms with Gasteiger partial charge in [-0.05, 0) is 32.9 Å². The lowest BCUT2D eigenvalue weighted by Crippen LogP contribution is -2.47. The molecule has 1 aliphatic rings. The number of carbonyl (C=O) groups excluding carboxylic acids is 1. The summed E-state index contributed by atoms with van der Waals surface area (Å²) in [5.41, 5.74) is -0.428. The molecule has 2 rings (SSSR count). The van der Waals surface area contributed by atoms with Gasteiger partial charge < -0.3 is 15.4 Å². The fraction of sp³-hybridized carbons (Fsp3) is 0.692. The van der Waals surface area contributed by atoms with Crippen LogP contribution in [0.4, 0.5) is 5.82 Å². The smallest absolute Gasteiger partial charge is 0.234 e. The number of rotatable bonds is 5. The molecule has 6 nitrogen and oxygen atoms in total. The molecule has 1 fully saturated rings. The van der Waals surface area contributed by atoms with Gasteiger partial charge in [-0.25, -0.2) is 4.68 Å². The topological polar surface area (TPSA) is 68.2 Å². The van der Waals surface area contributed by atoms with Crippen molar-refractivity contribution in [2.75, 3.05) is 32.1 Å². The lowest BCUT2D eigenvalue weighted by atomic mass is 9.78. The Labute approximate surface area is 125 Å². The van der Waals surface area contributed by atoms with E-state index in [0.29, 0.717) is 6.61 Å². The van der Waals surface area contributed by atoms with Crippen molar-refractivity contribution in [2.45, 2.75) is 26.3 Å². The number of hydrogen-bond acceptors (Lipinski definition) is 4. The lowest BCUT2D eigenvalue weighted by molar-refractivity contribution is -0.130. The molecule has 114 valence electrons. The van der Waals surface area contributed by atoms with Gasteiger partial charge in [-0.3, -0.25) is 4.79 Å². The van der Waals surface area contributed by atoms with Gasteiger partial charge in [0, 0.05) is 19.7 Å². The van der Waals surface area contributed by atoms with Gasteiger partial charge in [0.05, 0.1) is 18.2 Å². The van der Waals surface area contributed by atoms with Crippen molar-refractivity contribution in [1.29, 1.82) is 0 Å². The van der Waals surface area contributed by atoms with Gasteiger partial charge in [0.25, 0.3) is 0 Å². The van der Waals surface area contributed by atoms with Crippen LogP contribution in [-0.2, 0) is 16.1 Å². The van der Waals surface area contributed by atoms with Gasteiger partial charge in [0.2, 0.25) is 5.91 Å². The van der Waals surface area contributed by atoms with Gasteiger partial charge in [0.15, 0.2) is 0 Å². The second-order valence-electron chi connectivity index (χ2n) is 4.95. The van der Waals surface area contributed by atoms with Gasteiger partial charge in [0.1, 0.15) is 5.82 Å². The number of amides is 1. The third-order valence-corrected chi connectivity index (χ3v) is 3.72. The van der Waals surface area contributed by atoms with E-state index in [1.54, 1.807) is 18.0 Å². The Balaban J connectivity index is 0.00000200. The molecule has 1 saturated heterocycles. The van der Waals surface area contributed by atoms with Crippen molar-refractivity contribution >= 4 is 24.1 Å². The van der Waals surface area contributed by atoms with Crippen LogP contribution in [0.1, 0.15) is 19.8 Å². The Morgan fingerprint density at radius 1 is 1.55 bits per heavy atom. The minimum absolute atomic E-state index is 0. The lowest BCUT2D eigenvalue weighted by Gasteiger charge is -2.35. The van der Waals surface area contributed by atoms with Crippen LogP contribution in [0, 0.1) is 5.41 Å². The molecule has 0 aliphatic carbocycles. The Morgan fingerprint density at radius 2 is 2.25 bits per heavy atom. The highest BCUT2D eigenvalue weighted by atomic mass is 35.5. The van der Waals surface area contributed by atoms with Gasteiger partial charge in [-0.2, -0.15) is 5.10 Å². The van der Waals surface area contributed by atoms with E-state index in [4.69, 9.17) is 4.74 Å². The maximum atomic E-state index is 12.6. The van der Waals surface area contributed by atoms with Crippen LogP contribution in [0.25, 0.3) is 0 Å². The van der Waals surface area contributed by atoms with Crippen molar-refractivity contribution < 1.29 is 9.53 Å². The van der Waals surface area contributed by atoms with Crippen LogP contribution in [-0.4, -0.2) is 42.5 Å². The molecule has 0 spiro atoms. The summed E-state index contributed by atoms with van der Waals surface area (Å²) in [6.45, 7) is 4.90. The standard InChI is InChI=1S/C13H22N4O2.ClH/c1-3-17-11(4-7-15-17)16-12(18)13(10-19-2)5-8-14-9-6-13;/h4,7,14H,3,5-6,8-10H2,1-2H3,(H,16,18);1H. The number of carbonyl (C=O) groups is 1. The van der Waals surface area contributed by atoms with Crippen LogP contribution >= 0.6 is 12.4 Å². The number of nitrogens with zero attached hydrogens (tertiary/aromatic N) is 2. The molecule has 0 bridgehead atoms. The predicted molar refractivity (Wildman–Crippen MR) is 80.2 cm³/mol. The minimum atomic E-state index is -0.428. The average molecular weight is 303 g/mol.